The van der Waals surface area contributed by atoms with E-state index in [1.165, 1.54) is 6.07 Å². The quantitative estimate of drug-likeness (QED) is 0.679. The molecular weight excluding hydrogens is 447 g/mol. The maximum absolute atomic E-state index is 14.2. The monoisotopic (exact) mass is 476 g/mol. The van der Waals surface area contributed by atoms with Crippen molar-refractivity contribution in [2.24, 2.45) is 11.3 Å². The van der Waals surface area contributed by atoms with Gasteiger partial charge >= 0.3 is 6.03 Å². The van der Waals surface area contributed by atoms with Crippen LogP contribution in [0.1, 0.15) is 43.2 Å². The first kappa shape index (κ1) is 23.8. The van der Waals surface area contributed by atoms with Crippen LogP contribution in [0.2, 0.25) is 5.02 Å². The van der Waals surface area contributed by atoms with E-state index in [0.717, 1.165) is 31.2 Å². The van der Waals surface area contributed by atoms with E-state index in [1.54, 1.807) is 17.9 Å². The highest BCUT2D eigenvalue weighted by Gasteiger charge is 2.46. The van der Waals surface area contributed by atoms with Crippen LogP contribution in [0, 0.1) is 35.4 Å². The van der Waals surface area contributed by atoms with Crippen molar-refractivity contribution in [1.82, 2.24) is 15.1 Å². The first-order valence-corrected chi connectivity index (χ1v) is 12.0. The van der Waals surface area contributed by atoms with Crippen molar-refractivity contribution < 1.29 is 18.7 Å². The van der Waals surface area contributed by atoms with Crippen molar-refractivity contribution in [3.8, 4) is 6.07 Å². The van der Waals surface area contributed by atoms with Gasteiger partial charge in [0.15, 0.2) is 5.41 Å². The fourth-order valence-electron chi connectivity index (χ4n) is 4.76. The highest BCUT2D eigenvalue weighted by molar-refractivity contribution is 6.31. The number of nitrogens with zero attached hydrogens (tertiary/aromatic N) is 3. The highest BCUT2D eigenvalue weighted by atomic mass is 35.5. The Morgan fingerprint density at radius 1 is 1.39 bits per heavy atom. The highest BCUT2D eigenvalue weighted by Crippen LogP contribution is 2.33. The lowest BCUT2D eigenvalue weighted by atomic mass is 9.86. The summed E-state index contributed by atoms with van der Waals surface area (Å²) in [6, 6.07) is 5.08. The Hall–Kier alpha value is -2.37. The van der Waals surface area contributed by atoms with Gasteiger partial charge in [-0.1, -0.05) is 11.6 Å². The number of carbonyl (C=O) groups excluding carboxylic acids is 2. The molecule has 2 atom stereocenters. The molecule has 2 heterocycles. The van der Waals surface area contributed by atoms with Gasteiger partial charge in [-0.2, -0.15) is 5.26 Å². The minimum Gasteiger partial charge on any atom is -0.379 e. The van der Waals surface area contributed by atoms with Crippen LogP contribution in [-0.2, 0) is 16.1 Å². The number of nitriles is 1. The number of hydrogen-bond acceptors (Lipinski definition) is 4. The van der Waals surface area contributed by atoms with Crippen molar-refractivity contribution in [1.29, 1.82) is 5.26 Å². The molecule has 1 N–H and O–H groups in total. The molecule has 4 rings (SSSR count). The summed E-state index contributed by atoms with van der Waals surface area (Å²) in [7, 11) is 0. The molecule has 0 spiro atoms. The number of piperidine rings is 1. The number of hydrogen-bond donors (Lipinski definition) is 1. The molecule has 178 valence electrons. The van der Waals surface area contributed by atoms with E-state index in [0.29, 0.717) is 43.2 Å². The number of amides is 3. The van der Waals surface area contributed by atoms with Crippen LogP contribution in [0.15, 0.2) is 12.1 Å². The fraction of sp³-hybridized carbons (Fsp3) is 0.625. The molecule has 9 heteroatoms. The minimum absolute atomic E-state index is 0.0891. The van der Waals surface area contributed by atoms with Gasteiger partial charge in [0.05, 0.1) is 12.7 Å². The van der Waals surface area contributed by atoms with Gasteiger partial charge in [-0.05, 0) is 56.2 Å². The Bertz CT molecular complexity index is 956. The number of aryl methyl sites for hydroxylation is 1. The lowest BCUT2D eigenvalue weighted by Gasteiger charge is -2.38. The van der Waals surface area contributed by atoms with Gasteiger partial charge in [0, 0.05) is 55.8 Å². The summed E-state index contributed by atoms with van der Waals surface area (Å²) in [4.78, 5) is 29.7. The van der Waals surface area contributed by atoms with Crippen molar-refractivity contribution in [3.05, 3.63) is 34.1 Å². The van der Waals surface area contributed by atoms with E-state index in [1.807, 2.05) is 4.90 Å². The van der Waals surface area contributed by atoms with Crippen molar-refractivity contribution >= 4 is 23.5 Å². The fourth-order valence-corrected chi connectivity index (χ4v) is 4.91. The number of urea groups is 1. The van der Waals surface area contributed by atoms with Crippen LogP contribution in [-0.4, -0.2) is 60.6 Å². The molecule has 0 radical (unpaired) electrons. The molecule has 1 aromatic carbocycles. The molecule has 3 fully saturated rings. The van der Waals surface area contributed by atoms with Gasteiger partial charge in [-0.3, -0.25) is 4.79 Å². The zero-order valence-electron chi connectivity index (χ0n) is 18.9. The average molecular weight is 477 g/mol. The lowest BCUT2D eigenvalue weighted by molar-refractivity contribution is -0.141. The summed E-state index contributed by atoms with van der Waals surface area (Å²) >= 11 is 5.96. The molecule has 1 aromatic rings. The number of rotatable bonds is 6. The molecule has 1 unspecified atom stereocenters. The molecule has 0 aromatic heterocycles. The van der Waals surface area contributed by atoms with Gasteiger partial charge in [-0.15, -0.1) is 0 Å². The molecule has 0 bridgehead atoms. The lowest BCUT2D eigenvalue weighted by Crippen LogP contribution is -2.51. The largest absolute Gasteiger partial charge is 0.379 e. The van der Waals surface area contributed by atoms with E-state index in [4.69, 9.17) is 16.3 Å². The molecule has 1 aliphatic carbocycles. The summed E-state index contributed by atoms with van der Waals surface area (Å²) in [6.07, 6.45) is 4.09. The van der Waals surface area contributed by atoms with Gasteiger partial charge in [0.1, 0.15) is 5.82 Å². The third kappa shape index (κ3) is 5.25. The molecule has 3 amide bonds. The van der Waals surface area contributed by atoms with Gasteiger partial charge in [-0.25, -0.2) is 9.18 Å². The second-order valence-electron chi connectivity index (χ2n) is 9.49. The average Bonchev–Trinajstić information content (AvgIpc) is 3.54. The maximum atomic E-state index is 14.2. The number of carbonyl (C=O) groups is 2. The van der Waals surface area contributed by atoms with E-state index in [2.05, 4.69) is 11.4 Å². The zero-order chi connectivity index (χ0) is 23.6. The van der Waals surface area contributed by atoms with Gasteiger partial charge in [0.2, 0.25) is 5.91 Å². The number of benzene rings is 1. The van der Waals surface area contributed by atoms with Gasteiger partial charge < -0.3 is 19.9 Å². The van der Waals surface area contributed by atoms with Crippen LogP contribution < -0.4 is 5.32 Å². The molecule has 1 saturated carbocycles. The van der Waals surface area contributed by atoms with E-state index < -0.39 is 11.2 Å². The Morgan fingerprint density at radius 2 is 2.18 bits per heavy atom. The topological polar surface area (TPSA) is 85.7 Å². The normalized spacial score (nSPS) is 24.9. The summed E-state index contributed by atoms with van der Waals surface area (Å²) in [6.45, 7) is 4.17. The van der Waals surface area contributed by atoms with Crippen molar-refractivity contribution in [3.63, 3.8) is 0 Å². The molecule has 2 saturated heterocycles. The minimum atomic E-state index is -1.07. The van der Waals surface area contributed by atoms with E-state index >= 15 is 0 Å². The van der Waals surface area contributed by atoms with Crippen LogP contribution in [0.25, 0.3) is 0 Å². The summed E-state index contributed by atoms with van der Waals surface area (Å²) in [5.41, 5.74) is 0.0862. The number of likely N-dealkylation sites (tertiary alicyclic amines) is 1. The van der Waals surface area contributed by atoms with E-state index in [-0.39, 0.29) is 37.0 Å². The Kier molecular flexibility index (Phi) is 7.10. The summed E-state index contributed by atoms with van der Waals surface area (Å²) < 4.78 is 19.6. The molecule has 3 aliphatic rings. The zero-order valence-corrected chi connectivity index (χ0v) is 19.7. The Balaban J connectivity index is 1.37. The third-order valence-electron chi connectivity index (χ3n) is 6.91. The van der Waals surface area contributed by atoms with Crippen LogP contribution in [0.3, 0.4) is 0 Å². The van der Waals surface area contributed by atoms with Crippen molar-refractivity contribution in [2.45, 2.75) is 51.6 Å². The SMILES string of the molecule is Cc1cc(CNC(=O)N(C[C@@H]2CCCN(C(=O)C3(C#N)CCOC3)C2)C2CC2)c(F)cc1Cl. The third-order valence-corrected chi connectivity index (χ3v) is 7.32. The standard InChI is InChI=1S/C24H30ClFN4O3/c1-16-9-18(21(26)10-20(16)25)11-28-23(32)30(19-4-5-19)13-17-3-2-7-29(12-17)22(31)24(14-27)6-8-33-15-24/h9-10,17,19H,2-8,11-13,15H2,1H3,(H,28,32)/t17-,24?/m1/s1. The predicted octanol–water partition coefficient (Wildman–Crippen LogP) is 3.63. The number of ether oxygens (including phenoxy) is 1. The number of nitrogens with one attached hydrogen (secondary N) is 1. The first-order valence-electron chi connectivity index (χ1n) is 11.6. The van der Waals surface area contributed by atoms with Crippen LogP contribution in [0.5, 0.6) is 0 Å². The van der Waals surface area contributed by atoms with Crippen molar-refractivity contribution in [2.75, 3.05) is 32.8 Å². The Morgan fingerprint density at radius 3 is 2.85 bits per heavy atom. The second kappa shape index (κ2) is 9.86. The smallest absolute Gasteiger partial charge is 0.317 e. The number of halogens is 2. The molecular formula is C24H30ClFN4O3. The predicted molar refractivity (Wildman–Crippen MR) is 121 cm³/mol. The second-order valence-corrected chi connectivity index (χ2v) is 9.90. The molecule has 7 nitrogen and oxygen atoms in total. The van der Waals surface area contributed by atoms with Crippen LogP contribution in [0.4, 0.5) is 9.18 Å². The summed E-state index contributed by atoms with van der Waals surface area (Å²) in [5, 5.41) is 12.8. The van der Waals surface area contributed by atoms with E-state index in [9.17, 15) is 19.2 Å². The molecule has 2 aliphatic heterocycles. The van der Waals surface area contributed by atoms with Crippen LogP contribution >= 0.6 is 11.6 Å². The van der Waals surface area contributed by atoms with Gasteiger partial charge in [0.25, 0.3) is 0 Å². The maximum Gasteiger partial charge on any atom is 0.317 e. The Labute approximate surface area is 198 Å². The summed E-state index contributed by atoms with van der Waals surface area (Å²) in [5.74, 6) is -0.447. The first-order chi connectivity index (χ1) is 15.8. The molecule has 33 heavy (non-hydrogen) atoms.